The molecule has 5 nitrogen and oxygen atoms in total. The molecule has 0 aliphatic carbocycles. The fourth-order valence-electron chi connectivity index (χ4n) is 2.82. The number of hydrogen-bond acceptors (Lipinski definition) is 4. The van der Waals surface area contributed by atoms with Crippen molar-refractivity contribution in [2.75, 3.05) is 23.3 Å². The Bertz CT molecular complexity index is 644. The summed E-state index contributed by atoms with van der Waals surface area (Å²) in [5.74, 6) is 0.908. The maximum atomic E-state index is 12.5. The zero-order chi connectivity index (χ0) is 15.4. The number of hydrogen-bond donors (Lipinski definition) is 1. The smallest absolute Gasteiger partial charge is 0.229 e. The molecule has 3 rings (SSSR count). The Kier molecular flexibility index (Phi) is 4.32. The molecule has 1 N–H and O–H groups in total. The average Bonchev–Trinajstić information content (AvgIpc) is 2.56. The van der Waals surface area contributed by atoms with Crippen LogP contribution in [0.1, 0.15) is 18.4 Å². The fraction of sp³-hybridized carbons (Fsp3) is 0.353. The number of rotatable bonds is 3. The topological polar surface area (TPSA) is 58.1 Å². The van der Waals surface area contributed by atoms with Crippen molar-refractivity contribution in [3.8, 4) is 0 Å². The number of piperidine rings is 1. The number of carbonyl (C=O) groups is 1. The molecule has 22 heavy (non-hydrogen) atoms. The largest absolute Gasteiger partial charge is 0.355 e. The minimum Gasteiger partial charge on any atom is -0.355 e. The molecule has 1 fully saturated rings. The van der Waals surface area contributed by atoms with Crippen molar-refractivity contribution in [3.63, 3.8) is 0 Å². The molecular formula is C17H20N4O. The van der Waals surface area contributed by atoms with Crippen LogP contribution in [0, 0.1) is 12.8 Å². The van der Waals surface area contributed by atoms with Crippen molar-refractivity contribution in [1.29, 1.82) is 0 Å². The molecule has 5 heteroatoms. The lowest BCUT2D eigenvalue weighted by Gasteiger charge is -2.32. The van der Waals surface area contributed by atoms with Gasteiger partial charge in [0.2, 0.25) is 5.91 Å². The molecule has 1 amide bonds. The molecule has 0 saturated carbocycles. The highest BCUT2D eigenvalue weighted by Gasteiger charge is 2.26. The zero-order valence-electron chi connectivity index (χ0n) is 12.7. The molecule has 2 heterocycles. The van der Waals surface area contributed by atoms with E-state index in [0.29, 0.717) is 6.54 Å². The van der Waals surface area contributed by atoms with Crippen LogP contribution in [0.2, 0.25) is 0 Å². The summed E-state index contributed by atoms with van der Waals surface area (Å²) in [6, 6.07) is 7.89. The highest BCUT2D eigenvalue weighted by atomic mass is 16.1. The summed E-state index contributed by atoms with van der Waals surface area (Å²) in [5.41, 5.74) is 2.00. The summed E-state index contributed by atoms with van der Waals surface area (Å²) in [5, 5.41) is 3.02. The number of anilines is 2. The van der Waals surface area contributed by atoms with Gasteiger partial charge in [-0.25, -0.2) is 4.98 Å². The number of aromatic nitrogens is 2. The summed E-state index contributed by atoms with van der Waals surface area (Å²) in [4.78, 5) is 23.0. The standard InChI is InChI=1S/C17H20N4O/c1-13-4-2-6-15(10-13)20-17(22)14-5-3-9-21(12-14)16-11-18-7-8-19-16/h2,4,6-8,10-11,14H,3,5,9,12H2,1H3,(H,20,22)/t14-/m1/s1. The zero-order valence-corrected chi connectivity index (χ0v) is 12.7. The number of nitrogens with one attached hydrogen (secondary N) is 1. The van der Waals surface area contributed by atoms with E-state index in [9.17, 15) is 4.79 Å². The van der Waals surface area contributed by atoms with Crippen LogP contribution in [0.4, 0.5) is 11.5 Å². The molecule has 1 atom stereocenters. The van der Waals surface area contributed by atoms with Crippen LogP contribution in [0.15, 0.2) is 42.9 Å². The first-order chi connectivity index (χ1) is 10.7. The van der Waals surface area contributed by atoms with Crippen LogP contribution in [0.3, 0.4) is 0 Å². The minimum atomic E-state index is -0.0173. The van der Waals surface area contributed by atoms with E-state index in [0.717, 1.165) is 36.5 Å². The van der Waals surface area contributed by atoms with Crippen molar-refractivity contribution in [1.82, 2.24) is 9.97 Å². The molecule has 0 radical (unpaired) electrons. The number of carbonyl (C=O) groups excluding carboxylic acids is 1. The van der Waals surface area contributed by atoms with Crippen LogP contribution < -0.4 is 10.2 Å². The Morgan fingerprint density at radius 1 is 1.36 bits per heavy atom. The number of benzene rings is 1. The van der Waals surface area contributed by atoms with E-state index in [1.807, 2.05) is 31.2 Å². The lowest BCUT2D eigenvalue weighted by atomic mass is 9.97. The molecule has 114 valence electrons. The molecule has 1 aromatic carbocycles. The molecule has 1 aliphatic rings. The third kappa shape index (κ3) is 3.42. The van der Waals surface area contributed by atoms with Gasteiger partial charge in [0.1, 0.15) is 5.82 Å². The van der Waals surface area contributed by atoms with Gasteiger partial charge >= 0.3 is 0 Å². The van der Waals surface area contributed by atoms with Crippen LogP contribution in [-0.4, -0.2) is 29.0 Å². The van der Waals surface area contributed by atoms with Gasteiger partial charge in [-0.2, -0.15) is 0 Å². The second-order valence-electron chi connectivity index (χ2n) is 5.71. The van der Waals surface area contributed by atoms with Crippen LogP contribution in [-0.2, 0) is 4.79 Å². The van der Waals surface area contributed by atoms with Crippen molar-refractivity contribution >= 4 is 17.4 Å². The predicted octanol–water partition coefficient (Wildman–Crippen LogP) is 2.64. The van der Waals surface area contributed by atoms with E-state index in [4.69, 9.17) is 0 Å². The molecule has 1 aromatic heterocycles. The van der Waals surface area contributed by atoms with Gasteiger partial charge in [0.15, 0.2) is 0 Å². The van der Waals surface area contributed by atoms with Gasteiger partial charge in [-0.1, -0.05) is 12.1 Å². The van der Waals surface area contributed by atoms with E-state index in [-0.39, 0.29) is 11.8 Å². The molecular weight excluding hydrogens is 276 g/mol. The van der Waals surface area contributed by atoms with Gasteiger partial charge in [0.05, 0.1) is 12.1 Å². The van der Waals surface area contributed by atoms with Crippen LogP contribution in [0.25, 0.3) is 0 Å². The van der Waals surface area contributed by atoms with E-state index in [2.05, 4.69) is 20.2 Å². The predicted molar refractivity (Wildman–Crippen MR) is 86.8 cm³/mol. The number of nitrogens with zero attached hydrogens (tertiary/aromatic N) is 3. The third-order valence-electron chi connectivity index (χ3n) is 3.95. The van der Waals surface area contributed by atoms with Gasteiger partial charge in [-0.05, 0) is 37.5 Å². The number of amides is 1. The monoisotopic (exact) mass is 296 g/mol. The molecule has 0 spiro atoms. The summed E-state index contributed by atoms with van der Waals surface area (Å²) in [7, 11) is 0. The van der Waals surface area contributed by atoms with Gasteiger partial charge in [-0.3, -0.25) is 9.78 Å². The summed E-state index contributed by atoms with van der Waals surface area (Å²) >= 11 is 0. The first-order valence-corrected chi connectivity index (χ1v) is 7.61. The molecule has 1 aliphatic heterocycles. The second kappa shape index (κ2) is 6.56. The summed E-state index contributed by atoms with van der Waals surface area (Å²) in [6.45, 7) is 3.63. The van der Waals surface area contributed by atoms with Gasteiger partial charge in [-0.15, -0.1) is 0 Å². The Labute approximate surface area is 130 Å². The molecule has 0 bridgehead atoms. The third-order valence-corrected chi connectivity index (χ3v) is 3.95. The summed E-state index contributed by atoms with van der Waals surface area (Å²) < 4.78 is 0. The van der Waals surface area contributed by atoms with Crippen LogP contribution >= 0.6 is 0 Å². The highest BCUT2D eigenvalue weighted by molar-refractivity contribution is 5.93. The first kappa shape index (κ1) is 14.5. The van der Waals surface area contributed by atoms with Crippen LogP contribution in [0.5, 0.6) is 0 Å². The highest BCUT2D eigenvalue weighted by Crippen LogP contribution is 2.22. The maximum absolute atomic E-state index is 12.5. The lowest BCUT2D eigenvalue weighted by molar-refractivity contribution is -0.120. The van der Waals surface area contributed by atoms with Gasteiger partial charge < -0.3 is 10.2 Å². The van der Waals surface area contributed by atoms with E-state index in [1.165, 1.54) is 0 Å². The maximum Gasteiger partial charge on any atom is 0.229 e. The molecule has 1 saturated heterocycles. The van der Waals surface area contributed by atoms with E-state index >= 15 is 0 Å². The Morgan fingerprint density at radius 2 is 2.27 bits per heavy atom. The normalized spacial score (nSPS) is 18.0. The van der Waals surface area contributed by atoms with Crippen molar-refractivity contribution in [2.45, 2.75) is 19.8 Å². The van der Waals surface area contributed by atoms with Crippen molar-refractivity contribution < 1.29 is 4.79 Å². The fourth-order valence-corrected chi connectivity index (χ4v) is 2.82. The van der Waals surface area contributed by atoms with Gasteiger partial charge in [0, 0.05) is 31.2 Å². The van der Waals surface area contributed by atoms with Gasteiger partial charge in [0.25, 0.3) is 0 Å². The molecule has 0 unspecified atom stereocenters. The van der Waals surface area contributed by atoms with Crippen molar-refractivity contribution in [3.05, 3.63) is 48.4 Å². The minimum absolute atomic E-state index is 0.0173. The second-order valence-corrected chi connectivity index (χ2v) is 5.71. The Hall–Kier alpha value is -2.43. The number of aryl methyl sites for hydroxylation is 1. The lowest BCUT2D eigenvalue weighted by Crippen LogP contribution is -2.41. The van der Waals surface area contributed by atoms with E-state index < -0.39 is 0 Å². The SMILES string of the molecule is Cc1cccc(NC(=O)[C@@H]2CCCN(c3cnccn3)C2)c1. The molecule has 2 aromatic rings. The average molecular weight is 296 g/mol. The van der Waals surface area contributed by atoms with E-state index in [1.54, 1.807) is 18.6 Å². The summed E-state index contributed by atoms with van der Waals surface area (Å²) in [6.07, 6.45) is 7.00. The Balaban J connectivity index is 1.65. The van der Waals surface area contributed by atoms with Crippen molar-refractivity contribution in [2.24, 2.45) is 5.92 Å². The first-order valence-electron chi connectivity index (χ1n) is 7.61. The Morgan fingerprint density at radius 3 is 3.05 bits per heavy atom. The quantitative estimate of drug-likeness (QED) is 0.946.